The Morgan fingerprint density at radius 3 is 2.61 bits per heavy atom. The molecule has 0 saturated carbocycles. The van der Waals surface area contributed by atoms with Crippen LogP contribution >= 0.6 is 23.2 Å². The third kappa shape index (κ3) is 5.83. The zero-order valence-electron chi connectivity index (χ0n) is 23.3. The second-order valence-corrected chi connectivity index (χ2v) is 11.3. The molecule has 6 rings (SSSR count). The number of hydrogen-bond acceptors (Lipinski definition) is 8. The summed E-state index contributed by atoms with van der Waals surface area (Å²) in [4.78, 5) is 47.5. The molecule has 0 fully saturated rings. The van der Waals surface area contributed by atoms with E-state index < -0.39 is 12.0 Å². The molecule has 0 spiro atoms. The van der Waals surface area contributed by atoms with E-state index in [-0.39, 0.29) is 34.0 Å². The minimum absolute atomic E-state index is 0.207. The molecule has 1 aliphatic heterocycles. The van der Waals surface area contributed by atoms with Gasteiger partial charge in [0.2, 0.25) is 5.91 Å². The van der Waals surface area contributed by atoms with Crippen molar-refractivity contribution in [3.05, 3.63) is 93.1 Å². The number of benzene rings is 1. The number of rotatable bonds is 4. The maximum atomic E-state index is 13.7. The zero-order chi connectivity index (χ0) is 31.0. The minimum atomic E-state index is -1.23. The molecular weight excluding hydrogens is 609 g/mol. The van der Waals surface area contributed by atoms with Gasteiger partial charge in [0.25, 0.3) is 5.56 Å². The van der Waals surface area contributed by atoms with E-state index in [1.54, 1.807) is 36.5 Å². The van der Waals surface area contributed by atoms with E-state index in [1.807, 2.05) is 6.92 Å². The number of carboxylic acid groups (broad SMARTS) is 1. The van der Waals surface area contributed by atoms with Crippen LogP contribution in [0.1, 0.15) is 54.8 Å². The molecule has 0 radical (unpaired) electrons. The van der Waals surface area contributed by atoms with E-state index in [0.717, 1.165) is 6.42 Å². The van der Waals surface area contributed by atoms with Crippen LogP contribution < -0.4 is 10.9 Å². The average Bonchev–Trinajstić information content (AvgIpc) is 3.63. The molecule has 15 heteroatoms. The van der Waals surface area contributed by atoms with Crippen LogP contribution in [0.2, 0.25) is 10.2 Å². The summed E-state index contributed by atoms with van der Waals surface area (Å²) in [5, 5.41) is 25.1. The molecule has 2 atom stereocenters. The highest BCUT2D eigenvalue weighted by Gasteiger charge is 2.24. The van der Waals surface area contributed by atoms with Gasteiger partial charge in [-0.3, -0.25) is 19.1 Å². The summed E-state index contributed by atoms with van der Waals surface area (Å²) >= 11 is 12.3. The van der Waals surface area contributed by atoms with E-state index in [1.165, 1.54) is 38.6 Å². The first kappa shape index (κ1) is 29.2. The highest BCUT2D eigenvalue weighted by Crippen LogP contribution is 2.30. The summed E-state index contributed by atoms with van der Waals surface area (Å²) in [5.74, 6) is -1.57. The normalized spacial score (nSPS) is 17.1. The number of amides is 1. The topological polar surface area (TPSA) is 163 Å². The standard InChI is InChI=1S/C29H25Cl2N9O4/c1-16-4-2-3-5-24(21-11-18(8-9-32-21)40-26(34-28(16)42)12-22(36-40)29(43)44)38-15-33-20(13-27(38)41)19-10-17(30)6-7-23(19)39-14-25(31)35-37-39/h6-16,24H,2-5H2,1H3,(H,34,42)(H,43,44)/t16-,24+/m1/s1. The van der Waals surface area contributed by atoms with Gasteiger partial charge in [0.15, 0.2) is 10.8 Å². The third-order valence-corrected chi connectivity index (χ3v) is 7.87. The number of aromatic nitrogens is 8. The highest BCUT2D eigenvalue weighted by atomic mass is 35.5. The summed E-state index contributed by atoms with van der Waals surface area (Å²) in [7, 11) is 0. The van der Waals surface area contributed by atoms with Crippen molar-refractivity contribution in [3.8, 4) is 22.6 Å². The molecular formula is C29H25Cl2N9O4. The van der Waals surface area contributed by atoms with Crippen molar-refractivity contribution in [2.45, 2.75) is 38.6 Å². The molecule has 1 aromatic carbocycles. The molecule has 5 aromatic rings. The lowest BCUT2D eigenvalue weighted by atomic mass is 9.99. The molecule has 2 bridgehead atoms. The van der Waals surface area contributed by atoms with Crippen molar-refractivity contribution in [1.82, 2.24) is 39.3 Å². The van der Waals surface area contributed by atoms with Crippen LogP contribution in [0.25, 0.3) is 22.6 Å². The number of anilines is 1. The number of carbonyl (C=O) groups excluding carboxylic acids is 1. The average molecular weight is 634 g/mol. The fraction of sp³-hybridized carbons (Fsp3) is 0.241. The van der Waals surface area contributed by atoms with Gasteiger partial charge in [-0.15, -0.1) is 5.10 Å². The SMILES string of the molecule is C[C@@H]1CCCC[C@H](n2cnc(-c3cc(Cl)ccc3-n3cc(Cl)nn3)cc2=O)c2cc(ccn2)-n2nc(C(=O)O)cc2NC1=O. The van der Waals surface area contributed by atoms with E-state index in [2.05, 4.69) is 30.7 Å². The first-order valence-electron chi connectivity index (χ1n) is 13.7. The molecule has 2 N–H and O–H groups in total. The third-order valence-electron chi connectivity index (χ3n) is 7.46. The molecule has 5 heterocycles. The summed E-state index contributed by atoms with van der Waals surface area (Å²) in [6, 6.07) is 10.7. The minimum Gasteiger partial charge on any atom is -0.476 e. The first-order chi connectivity index (χ1) is 21.2. The molecule has 13 nitrogen and oxygen atoms in total. The summed E-state index contributed by atoms with van der Waals surface area (Å²) in [6.45, 7) is 1.82. The van der Waals surface area contributed by atoms with Gasteiger partial charge < -0.3 is 10.4 Å². The molecule has 1 aliphatic rings. The van der Waals surface area contributed by atoms with Gasteiger partial charge in [0, 0.05) is 34.8 Å². The number of carbonyl (C=O) groups is 2. The zero-order valence-corrected chi connectivity index (χ0v) is 24.8. The summed E-state index contributed by atoms with van der Waals surface area (Å²) in [5.41, 5.74) is 2.01. The molecule has 4 aromatic heterocycles. The van der Waals surface area contributed by atoms with E-state index in [4.69, 9.17) is 23.2 Å². The van der Waals surface area contributed by atoms with Crippen LogP contribution in [0.15, 0.2) is 66.0 Å². The van der Waals surface area contributed by atoms with Gasteiger partial charge in [0.05, 0.1) is 41.3 Å². The quantitative estimate of drug-likeness (QED) is 0.282. The lowest BCUT2D eigenvalue weighted by molar-refractivity contribution is -0.119. The highest BCUT2D eigenvalue weighted by molar-refractivity contribution is 6.31. The number of fused-ring (bicyclic) bond motifs is 4. The largest absolute Gasteiger partial charge is 0.476 e. The maximum absolute atomic E-state index is 13.7. The van der Waals surface area contributed by atoms with Crippen molar-refractivity contribution < 1.29 is 14.7 Å². The smallest absolute Gasteiger partial charge is 0.356 e. The maximum Gasteiger partial charge on any atom is 0.356 e. The van der Waals surface area contributed by atoms with E-state index in [9.17, 15) is 19.5 Å². The van der Waals surface area contributed by atoms with Crippen LogP contribution in [0.3, 0.4) is 0 Å². The lowest BCUT2D eigenvalue weighted by Gasteiger charge is -2.20. The Bertz CT molecular complexity index is 1950. The Balaban J connectivity index is 1.43. The Kier molecular flexibility index (Phi) is 7.97. The number of carboxylic acids is 1. The van der Waals surface area contributed by atoms with Gasteiger partial charge >= 0.3 is 5.97 Å². The Morgan fingerprint density at radius 1 is 1.05 bits per heavy atom. The molecule has 0 aliphatic carbocycles. The number of pyridine rings is 1. The molecule has 0 unspecified atom stereocenters. The molecule has 0 saturated heterocycles. The molecule has 224 valence electrons. The van der Waals surface area contributed by atoms with Crippen LogP contribution in [0, 0.1) is 5.92 Å². The predicted octanol–water partition coefficient (Wildman–Crippen LogP) is 4.81. The van der Waals surface area contributed by atoms with Crippen molar-refractivity contribution in [1.29, 1.82) is 0 Å². The van der Waals surface area contributed by atoms with Crippen LogP contribution in [0.4, 0.5) is 5.82 Å². The van der Waals surface area contributed by atoms with Crippen LogP contribution in [-0.2, 0) is 4.79 Å². The van der Waals surface area contributed by atoms with Gasteiger partial charge in [-0.25, -0.2) is 19.1 Å². The van der Waals surface area contributed by atoms with Crippen molar-refractivity contribution in [2.75, 3.05) is 5.32 Å². The second kappa shape index (κ2) is 12.0. The van der Waals surface area contributed by atoms with Crippen molar-refractivity contribution in [2.24, 2.45) is 5.92 Å². The number of halogens is 2. The number of nitrogens with zero attached hydrogens (tertiary/aromatic N) is 8. The molecule has 44 heavy (non-hydrogen) atoms. The first-order valence-corrected chi connectivity index (χ1v) is 14.5. The van der Waals surface area contributed by atoms with Crippen molar-refractivity contribution >= 4 is 40.9 Å². The summed E-state index contributed by atoms with van der Waals surface area (Å²) in [6.07, 6.45) is 7.14. The Labute approximate surface area is 260 Å². The number of nitrogens with one attached hydrogen (secondary N) is 1. The van der Waals surface area contributed by atoms with Gasteiger partial charge in [0.1, 0.15) is 5.82 Å². The Hall–Kier alpha value is -4.88. The lowest BCUT2D eigenvalue weighted by Crippen LogP contribution is -2.26. The van der Waals surface area contributed by atoms with Crippen molar-refractivity contribution in [3.63, 3.8) is 0 Å². The predicted molar refractivity (Wildman–Crippen MR) is 162 cm³/mol. The Morgan fingerprint density at radius 2 is 1.86 bits per heavy atom. The second-order valence-electron chi connectivity index (χ2n) is 10.4. The van der Waals surface area contributed by atoms with Crippen LogP contribution in [-0.4, -0.2) is 56.3 Å². The van der Waals surface area contributed by atoms with Gasteiger partial charge in [-0.05, 0) is 43.2 Å². The van der Waals surface area contributed by atoms with Gasteiger partial charge in [-0.2, -0.15) is 5.10 Å². The van der Waals surface area contributed by atoms with E-state index >= 15 is 0 Å². The van der Waals surface area contributed by atoms with E-state index in [0.29, 0.717) is 52.6 Å². The fourth-order valence-corrected chi connectivity index (χ4v) is 5.48. The van der Waals surface area contributed by atoms with Crippen LogP contribution in [0.5, 0.6) is 0 Å². The monoisotopic (exact) mass is 633 g/mol. The summed E-state index contributed by atoms with van der Waals surface area (Å²) < 4.78 is 4.35. The van der Waals surface area contributed by atoms with Gasteiger partial charge in [-0.1, -0.05) is 48.2 Å². The number of aromatic carboxylic acids is 1. The number of hydrogen-bond donors (Lipinski definition) is 2. The fourth-order valence-electron chi connectivity index (χ4n) is 5.19. The molecule has 1 amide bonds.